The summed E-state index contributed by atoms with van der Waals surface area (Å²) in [6, 6.07) is 12.7. The molecule has 6 nitrogen and oxygen atoms in total. The molecule has 0 saturated carbocycles. The lowest BCUT2D eigenvalue weighted by Gasteiger charge is -2.16. The Morgan fingerprint density at radius 2 is 1.94 bits per heavy atom. The van der Waals surface area contributed by atoms with Crippen molar-refractivity contribution in [3.05, 3.63) is 66.4 Å². The van der Waals surface area contributed by atoms with Crippen molar-refractivity contribution >= 4 is 11.5 Å². The first-order chi connectivity index (χ1) is 15.6. The summed E-state index contributed by atoms with van der Waals surface area (Å²) in [5.74, 6) is 0.267. The van der Waals surface area contributed by atoms with Crippen molar-refractivity contribution in [2.45, 2.75) is 45.6 Å². The molecule has 1 aromatic carbocycles. The summed E-state index contributed by atoms with van der Waals surface area (Å²) in [6.45, 7) is 5.40. The van der Waals surface area contributed by atoms with E-state index in [4.69, 9.17) is 10.7 Å². The van der Waals surface area contributed by atoms with Gasteiger partial charge in [0.2, 0.25) is 0 Å². The maximum atomic E-state index is 14.1. The second kappa shape index (κ2) is 9.87. The van der Waals surface area contributed by atoms with Gasteiger partial charge in [0, 0.05) is 40.7 Å². The first kappa shape index (κ1) is 21.9. The Balaban J connectivity index is 1.60. The molecule has 0 fully saturated rings. The first-order valence-electron chi connectivity index (χ1n) is 11.2. The molecule has 3 aromatic heterocycles. The molecule has 166 valence electrons. The monoisotopic (exact) mass is 432 g/mol. The lowest BCUT2D eigenvalue weighted by Crippen LogP contribution is -2.29. The molecule has 3 heterocycles. The number of nitrogens with two attached hydrogens (primary N) is 1. The van der Waals surface area contributed by atoms with Gasteiger partial charge in [0.05, 0.1) is 11.9 Å². The lowest BCUT2D eigenvalue weighted by molar-refractivity contribution is 0.466. The van der Waals surface area contributed by atoms with Gasteiger partial charge in [-0.2, -0.15) is 9.61 Å². The van der Waals surface area contributed by atoms with E-state index in [1.54, 1.807) is 35.1 Å². The Morgan fingerprint density at radius 1 is 1.09 bits per heavy atom. The van der Waals surface area contributed by atoms with Crippen molar-refractivity contribution in [3.63, 3.8) is 0 Å². The van der Waals surface area contributed by atoms with Crippen LogP contribution in [-0.2, 0) is 6.42 Å². The average molecular weight is 433 g/mol. The molecule has 0 unspecified atom stereocenters. The number of pyridine rings is 1. The van der Waals surface area contributed by atoms with Crippen LogP contribution in [0, 0.1) is 5.82 Å². The third-order valence-corrected chi connectivity index (χ3v) is 5.70. The van der Waals surface area contributed by atoms with Gasteiger partial charge in [0.15, 0.2) is 5.65 Å². The topological polar surface area (TPSA) is 81.1 Å². The summed E-state index contributed by atoms with van der Waals surface area (Å²) in [4.78, 5) is 9.33. The number of aromatic nitrogens is 4. The molecule has 0 aliphatic heterocycles. The van der Waals surface area contributed by atoms with E-state index in [0.717, 1.165) is 49.0 Å². The smallest absolute Gasteiger partial charge is 0.165 e. The summed E-state index contributed by atoms with van der Waals surface area (Å²) in [6.07, 6.45) is 7.52. The molecule has 0 bridgehead atoms. The molecular formula is C25H29FN6. The van der Waals surface area contributed by atoms with Crippen LogP contribution in [0.25, 0.3) is 28.0 Å². The number of anilines is 1. The predicted octanol–water partition coefficient (Wildman–Crippen LogP) is 4.89. The number of hydrogen-bond donors (Lipinski definition) is 2. The van der Waals surface area contributed by atoms with Gasteiger partial charge in [-0.25, -0.2) is 9.37 Å². The lowest BCUT2D eigenvalue weighted by atomic mass is 10.1. The van der Waals surface area contributed by atoms with Gasteiger partial charge in [-0.3, -0.25) is 4.98 Å². The van der Waals surface area contributed by atoms with Crippen LogP contribution in [0.2, 0.25) is 0 Å². The zero-order valence-electron chi connectivity index (χ0n) is 18.6. The number of nitrogens with zero attached hydrogens (tertiary/aromatic N) is 4. The van der Waals surface area contributed by atoms with Gasteiger partial charge in [0.1, 0.15) is 11.6 Å². The molecule has 1 atom stereocenters. The van der Waals surface area contributed by atoms with Crippen LogP contribution in [0.4, 0.5) is 10.2 Å². The second-order valence-electron chi connectivity index (χ2n) is 7.98. The Kier molecular flexibility index (Phi) is 6.75. The van der Waals surface area contributed by atoms with Gasteiger partial charge in [0.25, 0.3) is 0 Å². The SMILES string of the molecule is CCCN[C@H](CC)CCc1cc(N)n2ncc(-c3ccc(-c4ccccc4F)nc3)c2n1. The molecule has 7 heteroatoms. The highest BCUT2D eigenvalue weighted by Gasteiger charge is 2.14. The maximum absolute atomic E-state index is 14.1. The Labute approximate surface area is 187 Å². The quantitative estimate of drug-likeness (QED) is 0.394. The second-order valence-corrected chi connectivity index (χ2v) is 7.98. The molecular weight excluding hydrogens is 403 g/mol. The fourth-order valence-corrected chi connectivity index (χ4v) is 3.87. The zero-order valence-corrected chi connectivity index (χ0v) is 18.6. The van der Waals surface area contributed by atoms with Crippen LogP contribution in [0.15, 0.2) is 54.9 Å². The van der Waals surface area contributed by atoms with E-state index >= 15 is 0 Å². The Hall–Kier alpha value is -3.32. The number of hydrogen-bond acceptors (Lipinski definition) is 5. The average Bonchev–Trinajstić information content (AvgIpc) is 3.24. The van der Waals surface area contributed by atoms with Crippen LogP contribution in [-0.4, -0.2) is 32.2 Å². The van der Waals surface area contributed by atoms with Crippen LogP contribution in [0.5, 0.6) is 0 Å². The number of halogens is 1. The summed E-state index contributed by atoms with van der Waals surface area (Å²) in [7, 11) is 0. The fraction of sp³-hybridized carbons (Fsp3) is 0.320. The highest BCUT2D eigenvalue weighted by atomic mass is 19.1. The number of benzene rings is 1. The minimum atomic E-state index is -0.290. The Morgan fingerprint density at radius 3 is 2.66 bits per heavy atom. The predicted molar refractivity (Wildman–Crippen MR) is 127 cm³/mol. The molecule has 0 spiro atoms. The number of aryl methyl sites for hydroxylation is 1. The molecule has 4 aromatic rings. The van der Waals surface area contributed by atoms with Crippen molar-refractivity contribution in [3.8, 4) is 22.4 Å². The number of rotatable bonds is 9. The van der Waals surface area contributed by atoms with Crippen LogP contribution in [0.3, 0.4) is 0 Å². The van der Waals surface area contributed by atoms with E-state index in [-0.39, 0.29) is 5.82 Å². The third kappa shape index (κ3) is 4.62. The maximum Gasteiger partial charge on any atom is 0.165 e. The zero-order chi connectivity index (χ0) is 22.5. The highest BCUT2D eigenvalue weighted by Crippen LogP contribution is 2.27. The summed E-state index contributed by atoms with van der Waals surface area (Å²) in [5, 5.41) is 8.00. The molecule has 0 radical (unpaired) electrons. The van der Waals surface area contributed by atoms with Gasteiger partial charge in [-0.15, -0.1) is 0 Å². The molecule has 0 saturated heterocycles. The van der Waals surface area contributed by atoms with Crippen LogP contribution < -0.4 is 11.1 Å². The van der Waals surface area contributed by atoms with E-state index < -0.39 is 0 Å². The van der Waals surface area contributed by atoms with Crippen molar-refractivity contribution < 1.29 is 4.39 Å². The molecule has 0 aliphatic carbocycles. The van der Waals surface area contributed by atoms with E-state index in [2.05, 4.69) is 29.2 Å². The van der Waals surface area contributed by atoms with Gasteiger partial charge in [-0.05, 0) is 50.4 Å². The molecule has 4 rings (SSSR count). The number of fused-ring (bicyclic) bond motifs is 1. The molecule has 0 aliphatic rings. The van der Waals surface area contributed by atoms with Gasteiger partial charge >= 0.3 is 0 Å². The molecule has 3 N–H and O–H groups in total. The Bertz CT molecular complexity index is 1180. The summed E-state index contributed by atoms with van der Waals surface area (Å²) >= 11 is 0. The first-order valence-corrected chi connectivity index (χ1v) is 11.2. The van der Waals surface area contributed by atoms with Crippen molar-refractivity contribution in [2.24, 2.45) is 0 Å². The fourth-order valence-electron chi connectivity index (χ4n) is 3.87. The molecule has 32 heavy (non-hydrogen) atoms. The van der Waals surface area contributed by atoms with E-state index in [9.17, 15) is 4.39 Å². The van der Waals surface area contributed by atoms with E-state index in [1.165, 1.54) is 6.07 Å². The standard InChI is InChI=1S/C25H29FN6/c1-3-13-28-18(4-2)10-11-19-14-24(27)32-25(31-19)21(16-30-32)17-9-12-23(29-15-17)20-7-5-6-8-22(20)26/h5-9,12,14-16,18,28H,3-4,10-11,13,27H2,1-2H3/t18-/m1/s1. The van der Waals surface area contributed by atoms with Gasteiger partial charge < -0.3 is 11.1 Å². The highest BCUT2D eigenvalue weighted by molar-refractivity contribution is 5.78. The molecule has 0 amide bonds. The number of nitrogen functional groups attached to an aromatic ring is 1. The van der Waals surface area contributed by atoms with E-state index in [0.29, 0.717) is 28.8 Å². The van der Waals surface area contributed by atoms with Crippen molar-refractivity contribution in [1.29, 1.82) is 0 Å². The van der Waals surface area contributed by atoms with Gasteiger partial charge in [-0.1, -0.05) is 32.0 Å². The van der Waals surface area contributed by atoms with Crippen molar-refractivity contribution in [2.75, 3.05) is 12.3 Å². The van der Waals surface area contributed by atoms with Crippen molar-refractivity contribution in [1.82, 2.24) is 24.9 Å². The van der Waals surface area contributed by atoms with Crippen LogP contribution in [0.1, 0.15) is 38.8 Å². The largest absolute Gasteiger partial charge is 0.384 e. The third-order valence-electron chi connectivity index (χ3n) is 5.70. The summed E-state index contributed by atoms with van der Waals surface area (Å²) < 4.78 is 15.7. The van der Waals surface area contributed by atoms with E-state index in [1.807, 2.05) is 18.2 Å². The minimum absolute atomic E-state index is 0.290. The summed E-state index contributed by atoms with van der Waals surface area (Å²) in [5.41, 5.74) is 10.7. The van der Waals surface area contributed by atoms with Crippen LogP contribution >= 0.6 is 0 Å². The number of nitrogens with one attached hydrogen (secondary N) is 1. The normalized spacial score (nSPS) is 12.3. The minimum Gasteiger partial charge on any atom is -0.384 e.